The number of pyridine rings is 1. The van der Waals surface area contributed by atoms with Crippen LogP contribution >= 0.6 is 0 Å². The summed E-state index contributed by atoms with van der Waals surface area (Å²) in [5.41, 5.74) is 6.80. The summed E-state index contributed by atoms with van der Waals surface area (Å²) < 4.78 is 0. The Morgan fingerprint density at radius 3 is 2.94 bits per heavy atom. The van der Waals surface area contributed by atoms with Crippen LogP contribution < -0.4 is 5.73 Å². The summed E-state index contributed by atoms with van der Waals surface area (Å²) in [6, 6.07) is 7.29. The van der Waals surface area contributed by atoms with Gasteiger partial charge in [0.05, 0.1) is 5.69 Å². The molecule has 3 nitrogen and oxygen atoms in total. The maximum atomic E-state index is 5.71. The maximum absolute atomic E-state index is 5.71. The van der Waals surface area contributed by atoms with Crippen molar-refractivity contribution in [1.82, 2.24) is 9.88 Å². The van der Waals surface area contributed by atoms with Gasteiger partial charge in [-0.3, -0.25) is 4.90 Å². The Bertz CT molecular complexity index is 351. The van der Waals surface area contributed by atoms with E-state index in [-0.39, 0.29) is 0 Å². The van der Waals surface area contributed by atoms with Gasteiger partial charge in [-0.1, -0.05) is 13.0 Å². The molecular weight excluding hydrogens is 198 g/mol. The quantitative estimate of drug-likeness (QED) is 0.849. The van der Waals surface area contributed by atoms with E-state index in [9.17, 15) is 0 Å². The number of nitrogens with zero attached hydrogens (tertiary/aromatic N) is 2. The van der Waals surface area contributed by atoms with Crippen LogP contribution in [-0.2, 0) is 6.54 Å². The van der Waals surface area contributed by atoms with E-state index in [0.717, 1.165) is 18.3 Å². The van der Waals surface area contributed by atoms with Crippen molar-refractivity contribution in [3.8, 4) is 0 Å². The van der Waals surface area contributed by atoms with Crippen LogP contribution in [0.3, 0.4) is 0 Å². The SMILES string of the molecule is CCC1CCC(C)N1Cc1cccc(N)n1. The lowest BCUT2D eigenvalue weighted by molar-refractivity contribution is 0.187. The molecule has 1 saturated heterocycles. The fraction of sp³-hybridized carbons (Fsp3) is 0.615. The van der Waals surface area contributed by atoms with Crippen LogP contribution in [0.15, 0.2) is 18.2 Å². The predicted molar refractivity (Wildman–Crippen MR) is 67.0 cm³/mol. The van der Waals surface area contributed by atoms with E-state index in [4.69, 9.17) is 5.73 Å². The van der Waals surface area contributed by atoms with E-state index >= 15 is 0 Å². The van der Waals surface area contributed by atoms with Crippen molar-refractivity contribution in [3.05, 3.63) is 23.9 Å². The minimum atomic E-state index is 0.623. The number of hydrogen-bond donors (Lipinski definition) is 1. The van der Waals surface area contributed by atoms with Gasteiger partial charge < -0.3 is 5.73 Å². The number of aromatic nitrogens is 1. The van der Waals surface area contributed by atoms with E-state index in [1.54, 1.807) is 0 Å². The average Bonchev–Trinajstić information content (AvgIpc) is 2.60. The molecule has 2 N–H and O–H groups in total. The van der Waals surface area contributed by atoms with E-state index in [0.29, 0.717) is 11.9 Å². The Kier molecular flexibility index (Phi) is 3.44. The van der Waals surface area contributed by atoms with Crippen LogP contribution in [-0.4, -0.2) is 22.0 Å². The van der Waals surface area contributed by atoms with Gasteiger partial charge in [0, 0.05) is 18.6 Å². The fourth-order valence-electron chi connectivity index (χ4n) is 2.62. The van der Waals surface area contributed by atoms with Gasteiger partial charge in [-0.05, 0) is 38.3 Å². The number of rotatable bonds is 3. The standard InChI is InChI=1S/C13H21N3/c1-3-12-8-7-10(2)16(12)9-11-5-4-6-13(14)15-11/h4-6,10,12H,3,7-9H2,1-2H3,(H2,14,15). The van der Waals surface area contributed by atoms with Crippen LogP contribution in [0.4, 0.5) is 5.82 Å². The molecule has 1 aliphatic heterocycles. The van der Waals surface area contributed by atoms with Crippen molar-refractivity contribution in [1.29, 1.82) is 0 Å². The van der Waals surface area contributed by atoms with E-state index in [1.165, 1.54) is 19.3 Å². The monoisotopic (exact) mass is 219 g/mol. The fourth-order valence-corrected chi connectivity index (χ4v) is 2.62. The first-order valence-corrected chi connectivity index (χ1v) is 6.18. The first-order chi connectivity index (χ1) is 7.70. The molecule has 0 spiro atoms. The summed E-state index contributed by atoms with van der Waals surface area (Å²) in [6.07, 6.45) is 3.85. The first kappa shape index (κ1) is 11.4. The van der Waals surface area contributed by atoms with Crippen LogP contribution in [0.2, 0.25) is 0 Å². The molecule has 1 aromatic heterocycles. The van der Waals surface area contributed by atoms with Gasteiger partial charge in [0.2, 0.25) is 0 Å². The zero-order valence-electron chi connectivity index (χ0n) is 10.2. The molecule has 2 heterocycles. The van der Waals surface area contributed by atoms with Gasteiger partial charge >= 0.3 is 0 Å². The predicted octanol–water partition coefficient (Wildman–Crippen LogP) is 2.43. The van der Waals surface area contributed by atoms with Crippen LogP contribution in [0.1, 0.15) is 38.8 Å². The summed E-state index contributed by atoms with van der Waals surface area (Å²) in [5, 5.41) is 0. The highest BCUT2D eigenvalue weighted by Gasteiger charge is 2.29. The van der Waals surface area contributed by atoms with Gasteiger partial charge in [-0.25, -0.2) is 4.98 Å². The number of nitrogen functional groups attached to an aromatic ring is 1. The Morgan fingerprint density at radius 2 is 2.25 bits per heavy atom. The lowest BCUT2D eigenvalue weighted by Crippen LogP contribution is -2.33. The molecule has 0 amide bonds. The van der Waals surface area contributed by atoms with Crippen molar-refractivity contribution in [2.24, 2.45) is 0 Å². The van der Waals surface area contributed by atoms with E-state index in [1.807, 2.05) is 12.1 Å². The normalized spacial score (nSPS) is 26.1. The molecule has 0 aromatic carbocycles. The average molecular weight is 219 g/mol. The Labute approximate surface area is 97.7 Å². The molecule has 2 atom stereocenters. The molecule has 16 heavy (non-hydrogen) atoms. The Morgan fingerprint density at radius 1 is 1.44 bits per heavy atom. The third-order valence-electron chi connectivity index (χ3n) is 3.60. The third-order valence-corrected chi connectivity index (χ3v) is 3.60. The van der Waals surface area contributed by atoms with Crippen molar-refractivity contribution in [2.75, 3.05) is 5.73 Å². The van der Waals surface area contributed by atoms with E-state index in [2.05, 4.69) is 29.8 Å². The minimum absolute atomic E-state index is 0.623. The number of hydrogen-bond acceptors (Lipinski definition) is 3. The van der Waals surface area contributed by atoms with Crippen molar-refractivity contribution >= 4 is 5.82 Å². The van der Waals surface area contributed by atoms with Crippen molar-refractivity contribution in [2.45, 2.75) is 51.7 Å². The molecule has 0 bridgehead atoms. The topological polar surface area (TPSA) is 42.1 Å². The second-order valence-corrected chi connectivity index (χ2v) is 4.71. The van der Waals surface area contributed by atoms with E-state index < -0.39 is 0 Å². The molecule has 1 aliphatic rings. The molecule has 0 radical (unpaired) electrons. The Balaban J connectivity index is 2.08. The first-order valence-electron chi connectivity index (χ1n) is 6.18. The smallest absolute Gasteiger partial charge is 0.123 e. The summed E-state index contributed by atoms with van der Waals surface area (Å²) in [6.45, 7) is 5.51. The molecule has 2 unspecified atom stereocenters. The summed E-state index contributed by atoms with van der Waals surface area (Å²) >= 11 is 0. The zero-order chi connectivity index (χ0) is 11.5. The second kappa shape index (κ2) is 4.83. The number of likely N-dealkylation sites (tertiary alicyclic amines) is 1. The highest BCUT2D eigenvalue weighted by atomic mass is 15.2. The molecule has 1 fully saturated rings. The molecule has 3 heteroatoms. The van der Waals surface area contributed by atoms with Gasteiger partial charge in [-0.2, -0.15) is 0 Å². The largest absolute Gasteiger partial charge is 0.384 e. The molecular formula is C13H21N3. The third kappa shape index (κ3) is 2.35. The summed E-state index contributed by atoms with van der Waals surface area (Å²) in [7, 11) is 0. The lowest BCUT2D eigenvalue weighted by Gasteiger charge is -2.27. The maximum Gasteiger partial charge on any atom is 0.123 e. The molecule has 2 rings (SSSR count). The highest BCUT2D eigenvalue weighted by Crippen LogP contribution is 2.27. The molecule has 1 aromatic rings. The van der Waals surface area contributed by atoms with Gasteiger partial charge in [-0.15, -0.1) is 0 Å². The van der Waals surface area contributed by atoms with Crippen molar-refractivity contribution < 1.29 is 0 Å². The highest BCUT2D eigenvalue weighted by molar-refractivity contribution is 5.28. The van der Waals surface area contributed by atoms with Gasteiger partial charge in [0.15, 0.2) is 0 Å². The zero-order valence-corrected chi connectivity index (χ0v) is 10.2. The second-order valence-electron chi connectivity index (χ2n) is 4.71. The number of anilines is 1. The molecule has 0 aliphatic carbocycles. The van der Waals surface area contributed by atoms with Crippen LogP contribution in [0.5, 0.6) is 0 Å². The minimum Gasteiger partial charge on any atom is -0.384 e. The lowest BCUT2D eigenvalue weighted by atomic mass is 10.1. The van der Waals surface area contributed by atoms with Crippen LogP contribution in [0, 0.1) is 0 Å². The van der Waals surface area contributed by atoms with Crippen LogP contribution in [0.25, 0.3) is 0 Å². The number of nitrogens with two attached hydrogens (primary N) is 1. The van der Waals surface area contributed by atoms with Crippen molar-refractivity contribution in [3.63, 3.8) is 0 Å². The van der Waals surface area contributed by atoms with Gasteiger partial charge in [0.25, 0.3) is 0 Å². The molecule has 0 saturated carbocycles. The summed E-state index contributed by atoms with van der Waals surface area (Å²) in [5.74, 6) is 0.623. The molecule has 88 valence electrons. The summed E-state index contributed by atoms with van der Waals surface area (Å²) in [4.78, 5) is 6.93. The van der Waals surface area contributed by atoms with Gasteiger partial charge in [0.1, 0.15) is 5.82 Å². The Hall–Kier alpha value is -1.09.